The van der Waals surface area contributed by atoms with Crippen LogP contribution < -0.4 is 0 Å². The van der Waals surface area contributed by atoms with Gasteiger partial charge in [-0.25, -0.2) is 0 Å². The Morgan fingerprint density at radius 2 is 1.38 bits per heavy atom. The second-order valence-corrected chi connectivity index (χ2v) is 8.96. The number of rotatable bonds is 9. The van der Waals surface area contributed by atoms with Crippen LogP contribution in [0.1, 0.15) is 113 Å². The van der Waals surface area contributed by atoms with E-state index in [9.17, 15) is 4.79 Å². The van der Waals surface area contributed by atoms with Crippen molar-refractivity contribution in [3.05, 3.63) is 0 Å². The molecule has 1 saturated carbocycles. The predicted octanol–water partition coefficient (Wildman–Crippen LogP) is 6.91. The van der Waals surface area contributed by atoms with Gasteiger partial charge >= 0.3 is 5.97 Å². The molecule has 0 aliphatic heterocycles. The molecule has 0 saturated heterocycles. The van der Waals surface area contributed by atoms with Crippen LogP contribution in [0.4, 0.5) is 0 Å². The van der Waals surface area contributed by atoms with Gasteiger partial charge in [0.1, 0.15) is 6.10 Å². The third-order valence-corrected chi connectivity index (χ3v) is 7.66. The van der Waals surface area contributed by atoms with Crippen LogP contribution in [0.2, 0.25) is 0 Å². The van der Waals surface area contributed by atoms with Crippen molar-refractivity contribution in [2.75, 3.05) is 0 Å². The summed E-state index contributed by atoms with van der Waals surface area (Å²) in [6.45, 7) is 15.8. The quantitative estimate of drug-likeness (QED) is 0.427. The average molecular weight is 339 g/mol. The first kappa shape index (κ1) is 21.5. The standard InChI is InChI=1S/C22H42O2/c1-8-20(5,9-2)17-22(7,21(6,10-3)11-4)19(23)24-18-15-13-12-14-16-18/h18H,8-17H2,1-7H3. The lowest BCUT2D eigenvalue weighted by Crippen LogP contribution is -2.48. The minimum absolute atomic E-state index is 0.00957. The molecule has 0 spiro atoms. The third kappa shape index (κ3) is 4.55. The van der Waals surface area contributed by atoms with Crippen molar-refractivity contribution in [3.8, 4) is 0 Å². The zero-order valence-corrected chi connectivity index (χ0v) is 17.5. The Bertz CT molecular complexity index is 387. The highest BCUT2D eigenvalue weighted by atomic mass is 16.5. The van der Waals surface area contributed by atoms with Crippen molar-refractivity contribution in [2.24, 2.45) is 16.2 Å². The molecule has 0 radical (unpaired) electrons. The van der Waals surface area contributed by atoms with E-state index in [2.05, 4.69) is 48.5 Å². The van der Waals surface area contributed by atoms with E-state index in [1.807, 2.05) is 0 Å². The van der Waals surface area contributed by atoms with E-state index >= 15 is 0 Å². The fourth-order valence-electron chi connectivity index (χ4n) is 4.38. The normalized spacial score (nSPS) is 19.8. The zero-order chi connectivity index (χ0) is 18.4. The summed E-state index contributed by atoms with van der Waals surface area (Å²) in [5.74, 6) is 0.0636. The van der Waals surface area contributed by atoms with Crippen molar-refractivity contribution in [1.82, 2.24) is 0 Å². The molecule has 0 bridgehead atoms. The smallest absolute Gasteiger partial charge is 0.312 e. The molecule has 0 aromatic carbocycles. The molecule has 1 unspecified atom stereocenters. The molecular formula is C22H42O2. The maximum atomic E-state index is 13.4. The van der Waals surface area contributed by atoms with Gasteiger partial charge in [-0.3, -0.25) is 4.79 Å². The Labute approximate surface area is 151 Å². The van der Waals surface area contributed by atoms with Gasteiger partial charge in [-0.15, -0.1) is 0 Å². The molecular weight excluding hydrogens is 296 g/mol. The van der Waals surface area contributed by atoms with Gasteiger partial charge in [0.05, 0.1) is 5.41 Å². The van der Waals surface area contributed by atoms with E-state index in [-0.39, 0.29) is 22.9 Å². The van der Waals surface area contributed by atoms with Crippen LogP contribution in [0.25, 0.3) is 0 Å². The van der Waals surface area contributed by atoms with Gasteiger partial charge in [-0.2, -0.15) is 0 Å². The van der Waals surface area contributed by atoms with Gasteiger partial charge in [0.15, 0.2) is 0 Å². The largest absolute Gasteiger partial charge is 0.462 e. The van der Waals surface area contributed by atoms with Crippen LogP contribution >= 0.6 is 0 Å². The molecule has 1 fully saturated rings. The lowest BCUT2D eigenvalue weighted by molar-refractivity contribution is -0.175. The number of hydrogen-bond acceptors (Lipinski definition) is 2. The van der Waals surface area contributed by atoms with E-state index < -0.39 is 5.41 Å². The predicted molar refractivity (Wildman–Crippen MR) is 103 cm³/mol. The molecule has 24 heavy (non-hydrogen) atoms. The van der Waals surface area contributed by atoms with Crippen molar-refractivity contribution in [2.45, 2.75) is 119 Å². The second-order valence-electron chi connectivity index (χ2n) is 8.96. The summed E-state index contributed by atoms with van der Waals surface area (Å²) in [5.41, 5.74) is -0.217. The lowest BCUT2D eigenvalue weighted by atomic mass is 9.56. The van der Waals surface area contributed by atoms with E-state index in [0.29, 0.717) is 0 Å². The van der Waals surface area contributed by atoms with Crippen molar-refractivity contribution in [3.63, 3.8) is 0 Å². The van der Waals surface area contributed by atoms with Gasteiger partial charge in [0, 0.05) is 0 Å². The highest BCUT2D eigenvalue weighted by Crippen LogP contribution is 2.53. The molecule has 1 aliphatic rings. The van der Waals surface area contributed by atoms with E-state index in [1.54, 1.807) is 0 Å². The molecule has 0 N–H and O–H groups in total. The number of ether oxygens (including phenoxy) is 1. The Balaban J connectivity index is 3.09. The number of carbonyl (C=O) groups is 1. The first-order valence-corrected chi connectivity index (χ1v) is 10.4. The molecule has 1 aliphatic carbocycles. The minimum Gasteiger partial charge on any atom is -0.462 e. The van der Waals surface area contributed by atoms with Crippen LogP contribution in [0.15, 0.2) is 0 Å². The molecule has 1 atom stereocenters. The third-order valence-electron chi connectivity index (χ3n) is 7.66. The molecule has 2 heteroatoms. The molecule has 0 aromatic heterocycles. The molecule has 0 amide bonds. The van der Waals surface area contributed by atoms with E-state index in [1.165, 1.54) is 19.3 Å². The maximum absolute atomic E-state index is 13.4. The molecule has 2 nitrogen and oxygen atoms in total. The first-order valence-electron chi connectivity index (χ1n) is 10.4. The lowest BCUT2D eigenvalue weighted by Gasteiger charge is -2.48. The summed E-state index contributed by atoms with van der Waals surface area (Å²) >= 11 is 0. The fraction of sp³-hybridized carbons (Fsp3) is 0.955. The molecule has 0 heterocycles. The highest BCUT2D eigenvalue weighted by molar-refractivity contribution is 5.77. The van der Waals surface area contributed by atoms with Crippen molar-refractivity contribution < 1.29 is 9.53 Å². The SMILES string of the molecule is CCC(C)(CC)CC(C)(C(=O)OC1CCCCC1)C(C)(CC)CC. The number of carbonyl (C=O) groups excluding carboxylic acids is 1. The fourth-order valence-corrected chi connectivity index (χ4v) is 4.38. The minimum atomic E-state index is -0.408. The van der Waals surface area contributed by atoms with Gasteiger partial charge in [0.25, 0.3) is 0 Å². The van der Waals surface area contributed by atoms with Crippen LogP contribution in [-0.4, -0.2) is 12.1 Å². The Morgan fingerprint density at radius 3 is 1.79 bits per heavy atom. The average Bonchev–Trinajstić information content (AvgIpc) is 2.61. The van der Waals surface area contributed by atoms with Crippen LogP contribution in [-0.2, 0) is 9.53 Å². The molecule has 0 aromatic rings. The summed E-state index contributed by atoms with van der Waals surface area (Å²) in [4.78, 5) is 13.4. The van der Waals surface area contributed by atoms with Crippen LogP contribution in [0, 0.1) is 16.2 Å². The molecule has 142 valence electrons. The molecule has 1 rings (SSSR count). The van der Waals surface area contributed by atoms with Crippen LogP contribution in [0.3, 0.4) is 0 Å². The Kier molecular flexibility index (Phi) is 7.81. The van der Waals surface area contributed by atoms with E-state index in [4.69, 9.17) is 4.74 Å². The van der Waals surface area contributed by atoms with Gasteiger partial charge in [-0.05, 0) is 62.7 Å². The monoisotopic (exact) mass is 338 g/mol. The van der Waals surface area contributed by atoms with Crippen LogP contribution in [0.5, 0.6) is 0 Å². The first-order chi connectivity index (χ1) is 11.2. The van der Waals surface area contributed by atoms with E-state index in [0.717, 1.165) is 44.9 Å². The Morgan fingerprint density at radius 1 is 0.875 bits per heavy atom. The van der Waals surface area contributed by atoms with Crippen molar-refractivity contribution >= 4 is 5.97 Å². The number of esters is 1. The summed E-state index contributed by atoms with van der Waals surface area (Å²) in [6.07, 6.45) is 11.1. The summed E-state index contributed by atoms with van der Waals surface area (Å²) < 4.78 is 6.10. The summed E-state index contributed by atoms with van der Waals surface area (Å²) in [6, 6.07) is 0. The topological polar surface area (TPSA) is 26.3 Å². The van der Waals surface area contributed by atoms with Gasteiger partial charge < -0.3 is 4.74 Å². The summed E-state index contributed by atoms with van der Waals surface area (Å²) in [7, 11) is 0. The second kappa shape index (κ2) is 8.72. The van der Waals surface area contributed by atoms with Crippen molar-refractivity contribution in [1.29, 1.82) is 0 Å². The maximum Gasteiger partial charge on any atom is 0.312 e. The number of hydrogen-bond donors (Lipinski definition) is 0. The zero-order valence-electron chi connectivity index (χ0n) is 17.5. The summed E-state index contributed by atoms with van der Waals surface area (Å²) in [5, 5.41) is 0. The highest BCUT2D eigenvalue weighted by Gasteiger charge is 2.52. The van der Waals surface area contributed by atoms with Gasteiger partial charge in [-0.1, -0.05) is 60.8 Å². The Hall–Kier alpha value is -0.530. The van der Waals surface area contributed by atoms with Gasteiger partial charge in [0.2, 0.25) is 0 Å².